The predicted molar refractivity (Wildman–Crippen MR) is 57.2 cm³/mol. The number of aliphatic hydroxyl groups is 1. The number of hydrogen-bond acceptors (Lipinski definition) is 4. The second-order valence-electron chi connectivity index (χ2n) is 3.02. The number of halogens is 1. The molecule has 2 rings (SSSR count). The third-order valence-electron chi connectivity index (χ3n) is 1.98. The molecule has 2 atom stereocenters. The van der Waals surface area contributed by atoms with Crippen molar-refractivity contribution in [3.63, 3.8) is 0 Å². The van der Waals surface area contributed by atoms with Crippen molar-refractivity contribution in [2.45, 2.75) is 12.3 Å². The standard InChI is InChI=1S/C9H7FO3S2/c10-7(9(12)13)8(11)5-1-4-2-14-3-6(4)15-5/h1-3,7-8,11H,(H,12,13). The Kier molecular flexibility index (Phi) is 2.72. The lowest BCUT2D eigenvalue weighted by Crippen LogP contribution is -2.22. The van der Waals surface area contributed by atoms with Crippen molar-refractivity contribution in [3.8, 4) is 0 Å². The molecule has 0 bridgehead atoms. The molecule has 0 aliphatic carbocycles. The van der Waals surface area contributed by atoms with Gasteiger partial charge in [0, 0.05) is 20.3 Å². The average Bonchev–Trinajstić information content (AvgIpc) is 2.74. The van der Waals surface area contributed by atoms with Gasteiger partial charge in [-0.05, 0) is 11.4 Å². The minimum Gasteiger partial charge on any atom is -0.479 e. The van der Waals surface area contributed by atoms with Crippen LogP contribution < -0.4 is 0 Å². The van der Waals surface area contributed by atoms with Crippen molar-refractivity contribution in [3.05, 3.63) is 21.7 Å². The summed E-state index contributed by atoms with van der Waals surface area (Å²) in [5.41, 5.74) is 0. The van der Waals surface area contributed by atoms with E-state index >= 15 is 0 Å². The van der Waals surface area contributed by atoms with E-state index in [-0.39, 0.29) is 0 Å². The summed E-state index contributed by atoms with van der Waals surface area (Å²) in [5.74, 6) is -1.64. The predicted octanol–water partition coefficient (Wildman–Crippen LogP) is 2.42. The van der Waals surface area contributed by atoms with Crippen molar-refractivity contribution in [1.29, 1.82) is 0 Å². The number of carbonyl (C=O) groups is 1. The molecule has 0 saturated carbocycles. The van der Waals surface area contributed by atoms with Crippen LogP contribution in [0.1, 0.15) is 11.0 Å². The third-order valence-corrected chi connectivity index (χ3v) is 4.06. The minimum absolute atomic E-state index is 0.350. The molecule has 2 aromatic heterocycles. The number of rotatable bonds is 3. The summed E-state index contributed by atoms with van der Waals surface area (Å²) in [7, 11) is 0. The third kappa shape index (κ3) is 1.88. The lowest BCUT2D eigenvalue weighted by atomic mass is 10.2. The number of alkyl halides is 1. The molecule has 2 unspecified atom stereocenters. The highest BCUT2D eigenvalue weighted by molar-refractivity contribution is 7.22. The van der Waals surface area contributed by atoms with E-state index in [0.29, 0.717) is 4.88 Å². The van der Waals surface area contributed by atoms with Gasteiger partial charge >= 0.3 is 5.97 Å². The molecule has 0 amide bonds. The normalized spacial score (nSPS) is 15.3. The van der Waals surface area contributed by atoms with E-state index in [0.717, 1.165) is 10.1 Å². The first-order chi connectivity index (χ1) is 7.09. The monoisotopic (exact) mass is 246 g/mol. The van der Waals surface area contributed by atoms with Gasteiger partial charge in [-0.25, -0.2) is 9.18 Å². The van der Waals surface area contributed by atoms with Gasteiger partial charge in [-0.15, -0.1) is 11.3 Å². The van der Waals surface area contributed by atoms with Gasteiger partial charge in [0.15, 0.2) is 0 Å². The molecule has 0 aromatic carbocycles. The molecule has 3 nitrogen and oxygen atoms in total. The Morgan fingerprint density at radius 2 is 2.20 bits per heavy atom. The number of thiophene rings is 2. The fourth-order valence-corrected chi connectivity index (χ4v) is 3.24. The van der Waals surface area contributed by atoms with Gasteiger partial charge in [0.1, 0.15) is 6.10 Å². The van der Waals surface area contributed by atoms with Gasteiger partial charge in [0.05, 0.1) is 0 Å². The summed E-state index contributed by atoms with van der Waals surface area (Å²) >= 11 is 2.73. The number of hydrogen-bond donors (Lipinski definition) is 2. The maximum absolute atomic E-state index is 13.0. The zero-order valence-electron chi connectivity index (χ0n) is 7.38. The molecule has 80 valence electrons. The van der Waals surface area contributed by atoms with Gasteiger partial charge in [0.25, 0.3) is 0 Å². The van der Waals surface area contributed by atoms with Crippen LogP contribution in [0.15, 0.2) is 16.8 Å². The Morgan fingerprint density at radius 3 is 2.80 bits per heavy atom. The Balaban J connectivity index is 2.31. The molecule has 2 N–H and O–H groups in total. The molecule has 15 heavy (non-hydrogen) atoms. The molecule has 0 saturated heterocycles. The van der Waals surface area contributed by atoms with Crippen molar-refractivity contribution >= 4 is 38.7 Å². The van der Waals surface area contributed by atoms with E-state index in [2.05, 4.69) is 0 Å². The van der Waals surface area contributed by atoms with E-state index < -0.39 is 18.2 Å². The zero-order chi connectivity index (χ0) is 11.0. The quantitative estimate of drug-likeness (QED) is 0.874. The molecule has 2 heterocycles. The fourth-order valence-electron chi connectivity index (χ4n) is 1.22. The molecule has 0 aliphatic rings. The van der Waals surface area contributed by atoms with E-state index in [1.54, 1.807) is 6.07 Å². The SMILES string of the molecule is O=C(O)C(F)C(O)c1cc2cscc2s1. The topological polar surface area (TPSA) is 57.5 Å². The Bertz CT molecular complexity index is 462. The van der Waals surface area contributed by atoms with E-state index in [4.69, 9.17) is 5.11 Å². The number of fused-ring (bicyclic) bond motifs is 1. The molecular formula is C9H7FO3S2. The maximum atomic E-state index is 13.0. The molecule has 0 radical (unpaired) electrons. The number of aliphatic carboxylic acids is 1. The Morgan fingerprint density at radius 1 is 1.47 bits per heavy atom. The van der Waals surface area contributed by atoms with Crippen LogP contribution in [-0.4, -0.2) is 22.4 Å². The Labute approximate surface area is 92.4 Å². The van der Waals surface area contributed by atoms with Gasteiger partial charge < -0.3 is 10.2 Å². The van der Waals surface area contributed by atoms with E-state index in [9.17, 15) is 14.3 Å². The van der Waals surface area contributed by atoms with E-state index in [1.165, 1.54) is 22.7 Å². The summed E-state index contributed by atoms with van der Waals surface area (Å²) in [6.45, 7) is 0. The van der Waals surface area contributed by atoms with Crippen molar-refractivity contribution in [1.82, 2.24) is 0 Å². The number of aliphatic hydroxyl groups excluding tert-OH is 1. The molecule has 2 aromatic rings. The minimum atomic E-state index is -2.27. The van der Waals surface area contributed by atoms with Gasteiger partial charge in [0.2, 0.25) is 6.17 Å². The molecule has 6 heteroatoms. The lowest BCUT2D eigenvalue weighted by molar-refractivity contribution is -0.147. The van der Waals surface area contributed by atoms with Crippen molar-refractivity contribution < 1.29 is 19.4 Å². The first kappa shape index (κ1) is 10.5. The van der Waals surface area contributed by atoms with E-state index in [1.807, 2.05) is 10.8 Å². The van der Waals surface area contributed by atoms with Gasteiger partial charge in [-0.2, -0.15) is 11.3 Å². The first-order valence-corrected chi connectivity index (χ1v) is 5.86. The highest BCUT2D eigenvalue weighted by Gasteiger charge is 2.28. The van der Waals surface area contributed by atoms with Crippen LogP contribution in [0, 0.1) is 0 Å². The second kappa shape index (κ2) is 3.88. The fraction of sp³-hybridized carbons (Fsp3) is 0.222. The Hall–Kier alpha value is -0.980. The molecular weight excluding hydrogens is 239 g/mol. The van der Waals surface area contributed by atoms with Crippen LogP contribution in [0.3, 0.4) is 0 Å². The number of carboxylic acids is 1. The summed E-state index contributed by atoms with van der Waals surface area (Å²) in [6, 6.07) is 1.62. The van der Waals surface area contributed by atoms with Crippen LogP contribution >= 0.6 is 22.7 Å². The summed E-state index contributed by atoms with van der Waals surface area (Å²) in [5, 5.41) is 22.5. The molecule has 0 spiro atoms. The van der Waals surface area contributed by atoms with Gasteiger partial charge in [-0.3, -0.25) is 0 Å². The molecule has 0 fully saturated rings. The number of carboxylic acid groups (broad SMARTS) is 1. The van der Waals surface area contributed by atoms with Crippen LogP contribution in [0.4, 0.5) is 4.39 Å². The second-order valence-corrected chi connectivity index (χ2v) is 4.88. The van der Waals surface area contributed by atoms with Crippen LogP contribution in [0.25, 0.3) is 10.1 Å². The van der Waals surface area contributed by atoms with Gasteiger partial charge in [-0.1, -0.05) is 0 Å². The average molecular weight is 246 g/mol. The molecule has 0 aliphatic heterocycles. The lowest BCUT2D eigenvalue weighted by Gasteiger charge is -2.09. The highest BCUT2D eigenvalue weighted by Crippen LogP contribution is 2.34. The van der Waals surface area contributed by atoms with Crippen LogP contribution in [0.5, 0.6) is 0 Å². The maximum Gasteiger partial charge on any atom is 0.341 e. The highest BCUT2D eigenvalue weighted by atomic mass is 32.1. The summed E-state index contributed by atoms with van der Waals surface area (Å²) in [4.78, 5) is 10.7. The summed E-state index contributed by atoms with van der Waals surface area (Å²) < 4.78 is 13.9. The van der Waals surface area contributed by atoms with Crippen molar-refractivity contribution in [2.75, 3.05) is 0 Å². The van der Waals surface area contributed by atoms with Crippen LogP contribution in [-0.2, 0) is 4.79 Å². The summed E-state index contributed by atoms with van der Waals surface area (Å²) in [6.07, 6.45) is -3.85. The smallest absolute Gasteiger partial charge is 0.341 e. The zero-order valence-corrected chi connectivity index (χ0v) is 9.02. The first-order valence-electron chi connectivity index (χ1n) is 4.10. The largest absolute Gasteiger partial charge is 0.479 e. The van der Waals surface area contributed by atoms with Crippen LogP contribution in [0.2, 0.25) is 0 Å². The van der Waals surface area contributed by atoms with Crippen molar-refractivity contribution in [2.24, 2.45) is 0 Å².